The number of hydrogen-bond acceptors (Lipinski definition) is 3. The lowest BCUT2D eigenvalue weighted by molar-refractivity contribution is 0.386. The van der Waals surface area contributed by atoms with E-state index < -0.39 is 5.38 Å². The normalized spacial score (nSPS) is 12.3. The molecule has 0 saturated heterocycles. The molecule has 1 aromatic heterocycles. The van der Waals surface area contributed by atoms with Crippen LogP contribution in [0.5, 0.6) is 11.5 Å². The highest BCUT2D eigenvalue weighted by atomic mass is 35.5. The number of ether oxygens (including phenoxy) is 2. The lowest BCUT2D eigenvalue weighted by atomic mass is 10.0. The number of alkyl halides is 1. The van der Waals surface area contributed by atoms with Crippen molar-refractivity contribution in [1.82, 2.24) is 0 Å². The second-order valence-corrected chi connectivity index (χ2v) is 6.44. The molecular weight excluding hydrogens is 327 g/mol. The Labute approximate surface area is 130 Å². The first-order chi connectivity index (χ1) is 9.08. The molecule has 2 rings (SSSR count). The van der Waals surface area contributed by atoms with Crippen molar-refractivity contribution in [3.8, 4) is 11.5 Å². The van der Waals surface area contributed by atoms with Crippen LogP contribution in [0.1, 0.15) is 16.5 Å². The molecule has 1 unspecified atom stereocenters. The van der Waals surface area contributed by atoms with Gasteiger partial charge in [0.2, 0.25) is 0 Å². The van der Waals surface area contributed by atoms with Gasteiger partial charge < -0.3 is 9.47 Å². The number of benzene rings is 1. The van der Waals surface area contributed by atoms with Gasteiger partial charge in [0.1, 0.15) is 11.5 Å². The van der Waals surface area contributed by atoms with E-state index in [-0.39, 0.29) is 0 Å². The minimum absolute atomic E-state index is 0.484. The highest BCUT2D eigenvalue weighted by Gasteiger charge is 2.24. The topological polar surface area (TPSA) is 18.5 Å². The van der Waals surface area contributed by atoms with E-state index in [4.69, 9.17) is 44.3 Å². The van der Waals surface area contributed by atoms with Gasteiger partial charge in [0.25, 0.3) is 0 Å². The third-order valence-corrected chi connectivity index (χ3v) is 4.65. The SMILES string of the molecule is COc1cccc(OC)c1C(Cl)c1cc(Cl)sc1Cl. The van der Waals surface area contributed by atoms with Crippen LogP contribution in [0.15, 0.2) is 24.3 Å². The summed E-state index contributed by atoms with van der Waals surface area (Å²) in [6.45, 7) is 0. The second-order valence-electron chi connectivity index (χ2n) is 3.72. The van der Waals surface area contributed by atoms with Crippen LogP contribution in [-0.4, -0.2) is 14.2 Å². The number of methoxy groups -OCH3 is 2. The summed E-state index contributed by atoms with van der Waals surface area (Å²) in [7, 11) is 3.17. The van der Waals surface area contributed by atoms with Crippen molar-refractivity contribution in [3.05, 3.63) is 44.1 Å². The lowest BCUT2D eigenvalue weighted by Gasteiger charge is -2.17. The van der Waals surface area contributed by atoms with E-state index in [0.29, 0.717) is 20.2 Å². The monoisotopic (exact) mass is 336 g/mol. The molecule has 2 aromatic rings. The summed E-state index contributed by atoms with van der Waals surface area (Å²) < 4.78 is 11.8. The molecule has 0 aliphatic heterocycles. The van der Waals surface area contributed by atoms with Gasteiger partial charge in [-0.2, -0.15) is 0 Å². The molecule has 0 N–H and O–H groups in total. The molecule has 0 aliphatic carbocycles. The van der Waals surface area contributed by atoms with E-state index in [9.17, 15) is 0 Å². The van der Waals surface area contributed by atoms with Gasteiger partial charge in [0.15, 0.2) is 0 Å². The first kappa shape index (κ1) is 14.8. The Hall–Kier alpha value is -0.610. The molecule has 1 aromatic carbocycles. The van der Waals surface area contributed by atoms with Crippen molar-refractivity contribution in [2.45, 2.75) is 5.38 Å². The largest absolute Gasteiger partial charge is 0.496 e. The van der Waals surface area contributed by atoms with Crippen molar-refractivity contribution < 1.29 is 9.47 Å². The maximum absolute atomic E-state index is 6.52. The van der Waals surface area contributed by atoms with Crippen LogP contribution in [0.4, 0.5) is 0 Å². The van der Waals surface area contributed by atoms with Gasteiger partial charge in [0, 0.05) is 5.56 Å². The maximum atomic E-state index is 6.52. The third-order valence-electron chi connectivity index (χ3n) is 2.68. The van der Waals surface area contributed by atoms with E-state index in [1.165, 1.54) is 11.3 Å². The number of thiophene rings is 1. The van der Waals surface area contributed by atoms with Crippen molar-refractivity contribution in [2.24, 2.45) is 0 Å². The predicted octanol–water partition coefficient (Wildman–Crippen LogP) is 5.40. The fourth-order valence-corrected chi connectivity index (χ4v) is 3.85. The van der Waals surface area contributed by atoms with Gasteiger partial charge >= 0.3 is 0 Å². The summed E-state index contributed by atoms with van der Waals surface area (Å²) >= 11 is 19.9. The van der Waals surface area contributed by atoms with Crippen molar-refractivity contribution in [2.75, 3.05) is 14.2 Å². The molecule has 1 heterocycles. The molecule has 0 spiro atoms. The number of halogens is 3. The molecule has 1 atom stereocenters. The number of hydrogen-bond donors (Lipinski definition) is 0. The zero-order valence-electron chi connectivity index (χ0n) is 10.2. The van der Waals surface area contributed by atoms with Gasteiger partial charge in [0.05, 0.1) is 33.8 Å². The Morgan fingerprint density at radius 3 is 2.11 bits per heavy atom. The molecule has 0 bridgehead atoms. The Kier molecular flexibility index (Phi) is 4.85. The van der Waals surface area contributed by atoms with E-state index in [1.54, 1.807) is 20.3 Å². The van der Waals surface area contributed by atoms with Gasteiger partial charge in [-0.05, 0) is 18.2 Å². The summed E-state index contributed by atoms with van der Waals surface area (Å²) in [5.74, 6) is 1.30. The van der Waals surface area contributed by atoms with Crippen molar-refractivity contribution in [1.29, 1.82) is 0 Å². The van der Waals surface area contributed by atoms with Crippen LogP contribution in [0.3, 0.4) is 0 Å². The molecule has 102 valence electrons. The minimum atomic E-state index is -0.484. The first-order valence-electron chi connectivity index (χ1n) is 5.38. The molecule has 0 fully saturated rings. The average Bonchev–Trinajstić information content (AvgIpc) is 2.75. The lowest BCUT2D eigenvalue weighted by Crippen LogP contribution is -2.00. The molecule has 19 heavy (non-hydrogen) atoms. The maximum Gasteiger partial charge on any atom is 0.127 e. The fraction of sp³-hybridized carbons (Fsp3) is 0.231. The second kappa shape index (κ2) is 6.23. The Balaban J connectivity index is 2.54. The van der Waals surface area contributed by atoms with Gasteiger partial charge in [-0.1, -0.05) is 29.3 Å². The van der Waals surface area contributed by atoms with Gasteiger partial charge in [-0.3, -0.25) is 0 Å². The van der Waals surface area contributed by atoms with E-state index in [0.717, 1.165) is 11.1 Å². The Morgan fingerprint density at radius 2 is 1.68 bits per heavy atom. The molecule has 0 aliphatic rings. The zero-order chi connectivity index (χ0) is 14.0. The smallest absolute Gasteiger partial charge is 0.127 e. The molecule has 0 radical (unpaired) electrons. The minimum Gasteiger partial charge on any atom is -0.496 e. The van der Waals surface area contributed by atoms with E-state index in [2.05, 4.69) is 0 Å². The third kappa shape index (κ3) is 2.95. The fourth-order valence-electron chi connectivity index (χ4n) is 1.81. The molecular formula is C13H11Cl3O2S. The number of rotatable bonds is 4. The highest BCUT2D eigenvalue weighted by molar-refractivity contribution is 7.20. The van der Waals surface area contributed by atoms with Crippen LogP contribution in [0.25, 0.3) is 0 Å². The summed E-state index contributed by atoms with van der Waals surface area (Å²) in [4.78, 5) is 0. The average molecular weight is 338 g/mol. The molecule has 0 amide bonds. The first-order valence-corrected chi connectivity index (χ1v) is 7.39. The van der Waals surface area contributed by atoms with Crippen molar-refractivity contribution >= 4 is 46.1 Å². The van der Waals surface area contributed by atoms with Crippen LogP contribution >= 0.6 is 46.1 Å². The highest BCUT2D eigenvalue weighted by Crippen LogP contribution is 2.46. The van der Waals surface area contributed by atoms with Crippen molar-refractivity contribution in [3.63, 3.8) is 0 Å². The Bertz CT molecular complexity index is 561. The summed E-state index contributed by atoms with van der Waals surface area (Å²) in [5.41, 5.74) is 1.49. The van der Waals surface area contributed by atoms with Crippen LogP contribution in [0, 0.1) is 0 Å². The van der Waals surface area contributed by atoms with E-state index >= 15 is 0 Å². The zero-order valence-corrected chi connectivity index (χ0v) is 13.3. The molecule has 6 heteroatoms. The van der Waals surface area contributed by atoms with Gasteiger partial charge in [-0.15, -0.1) is 22.9 Å². The van der Waals surface area contributed by atoms with Crippen LogP contribution in [-0.2, 0) is 0 Å². The quantitative estimate of drug-likeness (QED) is 0.695. The Morgan fingerprint density at radius 1 is 1.11 bits per heavy atom. The summed E-state index contributed by atoms with van der Waals surface area (Å²) in [6, 6.07) is 7.26. The van der Waals surface area contributed by atoms with Crippen LogP contribution < -0.4 is 9.47 Å². The van der Waals surface area contributed by atoms with Crippen LogP contribution in [0.2, 0.25) is 8.67 Å². The predicted molar refractivity (Wildman–Crippen MR) is 81.6 cm³/mol. The summed E-state index contributed by atoms with van der Waals surface area (Å²) in [5, 5.41) is -0.484. The van der Waals surface area contributed by atoms with E-state index in [1.807, 2.05) is 18.2 Å². The molecule has 0 saturated carbocycles. The standard InChI is InChI=1S/C13H11Cl3O2S/c1-17-8-4-3-5-9(18-2)11(8)12(15)7-6-10(14)19-13(7)16/h3-6,12H,1-2H3. The van der Waals surface area contributed by atoms with Gasteiger partial charge in [-0.25, -0.2) is 0 Å². The summed E-state index contributed by atoms with van der Waals surface area (Å²) in [6.07, 6.45) is 0. The molecule has 2 nitrogen and oxygen atoms in total.